The average Bonchev–Trinajstić information content (AvgIpc) is 2.28. The summed E-state index contributed by atoms with van der Waals surface area (Å²) in [5.74, 6) is 0. The Hall–Kier alpha value is 0.270. The van der Waals surface area contributed by atoms with Gasteiger partial charge in [-0.1, -0.05) is 42.5 Å². The van der Waals surface area contributed by atoms with Crippen LogP contribution in [0.3, 0.4) is 0 Å². The Bertz CT molecular complexity index is 569. The Morgan fingerprint density at radius 3 is 2.41 bits per heavy atom. The highest BCUT2D eigenvalue weighted by atomic mass is 127. The number of hydrogen-bond acceptors (Lipinski definition) is 1. The highest BCUT2D eigenvalue weighted by molar-refractivity contribution is 14.2. The first-order valence-electron chi connectivity index (χ1n) is 4.95. The summed E-state index contributed by atoms with van der Waals surface area (Å²) < 4.78 is 19.7. The van der Waals surface area contributed by atoms with Crippen molar-refractivity contribution in [1.82, 2.24) is 0 Å². The summed E-state index contributed by atoms with van der Waals surface area (Å²) >= 11 is 2.22. The van der Waals surface area contributed by atoms with Crippen molar-refractivity contribution >= 4 is 67.0 Å². The zero-order valence-electron chi connectivity index (χ0n) is 8.77. The van der Waals surface area contributed by atoms with E-state index in [2.05, 4.69) is 18.2 Å². The topological polar surface area (TPSA) is 37.3 Å². The lowest BCUT2D eigenvalue weighted by Crippen LogP contribution is -2.20. The van der Waals surface area contributed by atoms with Crippen molar-refractivity contribution in [1.29, 1.82) is 0 Å². The van der Waals surface area contributed by atoms with Crippen molar-refractivity contribution < 1.29 is 8.76 Å². The van der Waals surface area contributed by atoms with Gasteiger partial charge in [-0.15, -0.1) is 0 Å². The van der Waals surface area contributed by atoms with Gasteiger partial charge < -0.3 is 4.55 Å². The number of fused-ring (bicyclic) bond motifs is 1. The Morgan fingerprint density at radius 1 is 1.12 bits per heavy atom. The molecule has 2 rings (SSSR count). The van der Waals surface area contributed by atoms with Crippen molar-refractivity contribution in [2.75, 3.05) is 0 Å². The second-order valence-corrected chi connectivity index (χ2v) is 12.2. The number of hydrogen-bond donors (Lipinski definition) is 1. The SMILES string of the molecule is O=S(O)C(I)(I)Cc1ccc2ccccc2c1. The fourth-order valence-electron chi connectivity index (χ4n) is 1.65. The summed E-state index contributed by atoms with van der Waals surface area (Å²) in [7, 11) is 0. The highest BCUT2D eigenvalue weighted by Gasteiger charge is 2.29. The molecule has 0 bridgehead atoms. The number of alkyl halides is 2. The van der Waals surface area contributed by atoms with Crippen molar-refractivity contribution in [2.45, 2.75) is 7.18 Å². The minimum absolute atomic E-state index is 0.571. The van der Waals surface area contributed by atoms with Gasteiger partial charge >= 0.3 is 0 Å². The van der Waals surface area contributed by atoms with Crippen LogP contribution in [0, 0.1) is 0 Å². The molecule has 0 spiro atoms. The van der Waals surface area contributed by atoms with Crippen LogP contribution in [0.5, 0.6) is 0 Å². The lowest BCUT2D eigenvalue weighted by molar-refractivity contribution is 0.560. The summed E-state index contributed by atoms with van der Waals surface area (Å²) in [6.45, 7) is 0. The smallest absolute Gasteiger partial charge is 0.179 e. The van der Waals surface area contributed by atoms with Crippen LogP contribution < -0.4 is 0 Å². The highest BCUT2D eigenvalue weighted by Crippen LogP contribution is 2.35. The Labute approximate surface area is 130 Å². The standard InChI is InChI=1S/C12H10I2O2S/c13-12(14,17(15)16)8-9-5-6-10-3-1-2-4-11(10)7-9/h1-7H,8H2,(H,15,16). The minimum Gasteiger partial charge on any atom is -0.304 e. The third kappa shape index (κ3) is 3.39. The van der Waals surface area contributed by atoms with E-state index in [9.17, 15) is 8.76 Å². The zero-order valence-corrected chi connectivity index (χ0v) is 13.9. The van der Waals surface area contributed by atoms with Gasteiger partial charge in [0.25, 0.3) is 0 Å². The second kappa shape index (κ2) is 5.50. The number of benzene rings is 2. The van der Waals surface area contributed by atoms with Crippen LogP contribution in [-0.2, 0) is 17.5 Å². The number of halogens is 2. The molecule has 0 radical (unpaired) electrons. The first-order chi connectivity index (χ1) is 7.99. The summed E-state index contributed by atoms with van der Waals surface area (Å²) in [5, 5.41) is 2.35. The quantitative estimate of drug-likeness (QED) is 0.415. The van der Waals surface area contributed by atoms with Crippen LogP contribution in [0.25, 0.3) is 10.8 Å². The van der Waals surface area contributed by atoms with E-state index in [1.54, 1.807) is 0 Å². The molecule has 0 saturated heterocycles. The van der Waals surface area contributed by atoms with Gasteiger partial charge in [0.05, 0.1) is 0 Å². The van der Waals surface area contributed by atoms with Crippen molar-refractivity contribution in [3.63, 3.8) is 0 Å². The van der Waals surface area contributed by atoms with E-state index in [4.69, 9.17) is 0 Å². The largest absolute Gasteiger partial charge is 0.304 e. The maximum Gasteiger partial charge on any atom is 0.179 e. The van der Waals surface area contributed by atoms with E-state index in [1.165, 1.54) is 5.39 Å². The summed E-state index contributed by atoms with van der Waals surface area (Å²) in [5.41, 5.74) is 1.08. The van der Waals surface area contributed by atoms with E-state index in [1.807, 2.05) is 69.4 Å². The van der Waals surface area contributed by atoms with Gasteiger partial charge in [0, 0.05) is 6.42 Å². The summed E-state index contributed by atoms with van der Waals surface area (Å²) in [4.78, 5) is 0. The lowest BCUT2D eigenvalue weighted by atomic mass is 10.1. The number of rotatable bonds is 3. The molecule has 0 amide bonds. The van der Waals surface area contributed by atoms with Crippen LogP contribution in [0.4, 0.5) is 0 Å². The molecule has 1 N–H and O–H groups in total. The van der Waals surface area contributed by atoms with Crippen LogP contribution in [0.1, 0.15) is 5.56 Å². The second-order valence-electron chi connectivity index (χ2n) is 3.74. The fraction of sp³-hybridized carbons (Fsp3) is 0.167. The third-order valence-corrected chi connectivity index (χ3v) is 6.16. The molecule has 0 aliphatic rings. The van der Waals surface area contributed by atoms with Crippen molar-refractivity contribution in [3.8, 4) is 0 Å². The van der Waals surface area contributed by atoms with Gasteiger partial charge in [-0.2, -0.15) is 0 Å². The Morgan fingerprint density at radius 2 is 1.76 bits per heavy atom. The Balaban J connectivity index is 2.34. The van der Waals surface area contributed by atoms with Crippen LogP contribution in [0.15, 0.2) is 42.5 Å². The molecule has 1 unspecified atom stereocenters. The van der Waals surface area contributed by atoms with Crippen molar-refractivity contribution in [2.24, 2.45) is 0 Å². The predicted molar refractivity (Wildman–Crippen MR) is 89.2 cm³/mol. The van der Waals surface area contributed by atoms with E-state index in [-0.39, 0.29) is 0 Å². The fourth-order valence-corrected chi connectivity index (χ4v) is 2.82. The van der Waals surface area contributed by atoms with E-state index in [0.29, 0.717) is 6.42 Å². The van der Waals surface area contributed by atoms with Crippen molar-refractivity contribution in [3.05, 3.63) is 48.0 Å². The van der Waals surface area contributed by atoms with Gasteiger partial charge in [0.15, 0.2) is 11.8 Å². The first-order valence-corrected chi connectivity index (χ1v) is 8.22. The average molecular weight is 472 g/mol. The first kappa shape index (κ1) is 13.7. The predicted octanol–water partition coefficient (Wildman–Crippen LogP) is 4.13. The molecular weight excluding hydrogens is 462 g/mol. The third-order valence-electron chi connectivity index (χ3n) is 2.48. The van der Waals surface area contributed by atoms with Crippen LogP contribution >= 0.6 is 45.2 Å². The molecule has 0 aliphatic heterocycles. The maximum absolute atomic E-state index is 11.2. The van der Waals surface area contributed by atoms with Gasteiger partial charge in [-0.05, 0) is 61.5 Å². The molecule has 2 aromatic carbocycles. The van der Waals surface area contributed by atoms with Gasteiger partial charge in [-0.25, -0.2) is 4.21 Å². The zero-order chi connectivity index (χ0) is 12.5. The normalized spacial score (nSPS) is 13.8. The monoisotopic (exact) mass is 472 g/mol. The molecule has 5 heteroatoms. The molecule has 0 saturated carbocycles. The van der Waals surface area contributed by atoms with E-state index >= 15 is 0 Å². The molecule has 0 aromatic heterocycles. The molecular formula is C12H10I2O2S. The summed E-state index contributed by atoms with van der Waals surface area (Å²) in [6, 6.07) is 14.3. The molecule has 90 valence electrons. The maximum atomic E-state index is 11.2. The minimum atomic E-state index is -1.84. The molecule has 17 heavy (non-hydrogen) atoms. The summed E-state index contributed by atoms with van der Waals surface area (Å²) in [6.07, 6.45) is 0.571. The molecule has 0 aliphatic carbocycles. The van der Waals surface area contributed by atoms with Gasteiger partial charge in [0.1, 0.15) is 0 Å². The van der Waals surface area contributed by atoms with Crippen LogP contribution in [0.2, 0.25) is 0 Å². The van der Waals surface area contributed by atoms with Crippen LogP contribution in [-0.4, -0.2) is 9.52 Å². The van der Waals surface area contributed by atoms with Gasteiger partial charge in [-0.3, -0.25) is 0 Å². The molecule has 2 nitrogen and oxygen atoms in total. The molecule has 1 atom stereocenters. The van der Waals surface area contributed by atoms with Gasteiger partial charge in [0.2, 0.25) is 0 Å². The molecule has 0 heterocycles. The molecule has 0 fully saturated rings. The lowest BCUT2D eigenvalue weighted by Gasteiger charge is -2.16. The van der Waals surface area contributed by atoms with E-state index < -0.39 is 11.8 Å². The van der Waals surface area contributed by atoms with E-state index in [0.717, 1.165) is 10.9 Å². The molecule has 2 aromatic rings. The Kier molecular flexibility index (Phi) is 4.43.